The molecule has 2 heterocycles. The van der Waals surface area contributed by atoms with E-state index in [2.05, 4.69) is 10.3 Å². The molecule has 24 heavy (non-hydrogen) atoms. The van der Waals surface area contributed by atoms with Gasteiger partial charge in [0, 0.05) is 37.9 Å². The lowest BCUT2D eigenvalue weighted by Crippen LogP contribution is -2.37. The summed E-state index contributed by atoms with van der Waals surface area (Å²) >= 11 is 1.26. The van der Waals surface area contributed by atoms with Gasteiger partial charge in [0.05, 0.1) is 11.5 Å². The van der Waals surface area contributed by atoms with Gasteiger partial charge >= 0.3 is 6.03 Å². The first-order valence-electron chi connectivity index (χ1n) is 7.94. The summed E-state index contributed by atoms with van der Waals surface area (Å²) in [6.45, 7) is 2.16. The highest BCUT2D eigenvalue weighted by Crippen LogP contribution is 2.30. The Labute approximate surface area is 144 Å². The quantitative estimate of drug-likeness (QED) is 0.912. The second-order valence-electron chi connectivity index (χ2n) is 5.90. The molecule has 128 valence electrons. The first-order chi connectivity index (χ1) is 11.6. The average Bonchev–Trinajstić information content (AvgIpc) is 3.04. The summed E-state index contributed by atoms with van der Waals surface area (Å²) < 4.78 is 19.2. The maximum atomic E-state index is 13.8. The van der Waals surface area contributed by atoms with E-state index in [1.54, 1.807) is 36.3 Å². The molecule has 0 aliphatic carbocycles. The number of hydrogen-bond donors (Lipinski definition) is 1. The van der Waals surface area contributed by atoms with Crippen LogP contribution in [0.1, 0.15) is 12.8 Å². The molecule has 0 saturated carbocycles. The predicted molar refractivity (Wildman–Crippen MR) is 92.7 cm³/mol. The fourth-order valence-electron chi connectivity index (χ4n) is 2.73. The molecule has 2 aromatic rings. The van der Waals surface area contributed by atoms with Crippen molar-refractivity contribution in [3.63, 3.8) is 0 Å². The lowest BCUT2D eigenvalue weighted by Gasteiger charge is -2.26. The number of urea groups is 1. The molecule has 0 bridgehead atoms. The number of aromatic nitrogens is 1. The third kappa shape index (κ3) is 4.10. The van der Waals surface area contributed by atoms with Crippen molar-refractivity contribution in [2.45, 2.75) is 12.8 Å². The van der Waals surface area contributed by atoms with Crippen LogP contribution in [0.2, 0.25) is 0 Å². The molecule has 1 aliphatic rings. The maximum absolute atomic E-state index is 13.8. The number of rotatable bonds is 4. The van der Waals surface area contributed by atoms with Crippen LogP contribution in [0.3, 0.4) is 0 Å². The van der Waals surface area contributed by atoms with Crippen LogP contribution in [0.4, 0.5) is 14.3 Å². The van der Waals surface area contributed by atoms with Gasteiger partial charge < -0.3 is 9.64 Å². The van der Waals surface area contributed by atoms with Crippen molar-refractivity contribution in [2.75, 3.05) is 32.1 Å². The van der Waals surface area contributed by atoms with Crippen LogP contribution in [0.5, 0.6) is 0 Å². The highest BCUT2D eigenvalue weighted by Gasteiger charge is 2.19. The molecule has 1 saturated heterocycles. The summed E-state index contributed by atoms with van der Waals surface area (Å²) in [7, 11) is 1.76. The van der Waals surface area contributed by atoms with Gasteiger partial charge in [0.25, 0.3) is 0 Å². The summed E-state index contributed by atoms with van der Waals surface area (Å²) in [5, 5.41) is 3.23. The van der Waals surface area contributed by atoms with E-state index < -0.39 is 0 Å². The Hall–Kier alpha value is -1.99. The molecular formula is C17H20FN3O2S. The van der Waals surface area contributed by atoms with Crippen LogP contribution in [0, 0.1) is 11.7 Å². The van der Waals surface area contributed by atoms with Gasteiger partial charge in [-0.15, -0.1) is 0 Å². The van der Waals surface area contributed by atoms with Crippen molar-refractivity contribution in [1.82, 2.24) is 9.88 Å². The topological polar surface area (TPSA) is 54.5 Å². The number of carbonyl (C=O) groups excluding carboxylic acids is 1. The average molecular weight is 349 g/mol. The van der Waals surface area contributed by atoms with Crippen molar-refractivity contribution >= 4 is 22.5 Å². The summed E-state index contributed by atoms with van der Waals surface area (Å²) in [6, 6.07) is 6.31. The monoisotopic (exact) mass is 349 g/mol. The number of thiazole rings is 1. The number of anilines is 1. The van der Waals surface area contributed by atoms with Crippen LogP contribution in [-0.4, -0.2) is 42.7 Å². The van der Waals surface area contributed by atoms with E-state index in [0.29, 0.717) is 34.6 Å². The summed E-state index contributed by atoms with van der Waals surface area (Å²) in [5.41, 5.74) is 0.489. The Morgan fingerprint density at radius 3 is 3.08 bits per heavy atom. The summed E-state index contributed by atoms with van der Waals surface area (Å²) in [5.74, 6) is 0.0770. The Morgan fingerprint density at radius 1 is 1.50 bits per heavy atom. The zero-order chi connectivity index (χ0) is 16.9. The fourth-order valence-corrected chi connectivity index (χ4v) is 3.56. The van der Waals surface area contributed by atoms with Crippen LogP contribution in [-0.2, 0) is 4.74 Å². The van der Waals surface area contributed by atoms with Crippen LogP contribution < -0.4 is 5.32 Å². The van der Waals surface area contributed by atoms with Crippen molar-refractivity contribution in [2.24, 2.45) is 5.92 Å². The Morgan fingerprint density at radius 2 is 2.33 bits per heavy atom. The standard InChI is InChI=1S/C17H20FN3O2S/c1-21(10-12-5-4-8-23-11-12)17(22)20-16-19-9-15(24-16)13-6-2-3-7-14(13)18/h2-3,6-7,9,12H,4-5,8,10-11H2,1H3,(H,19,20,22). The van der Waals surface area contributed by atoms with Gasteiger partial charge in [-0.2, -0.15) is 0 Å². The minimum absolute atomic E-state index is 0.213. The fraction of sp³-hybridized carbons (Fsp3) is 0.412. The lowest BCUT2D eigenvalue weighted by molar-refractivity contribution is 0.0464. The van der Waals surface area contributed by atoms with Gasteiger partial charge in [-0.1, -0.05) is 29.5 Å². The summed E-state index contributed by atoms with van der Waals surface area (Å²) in [6.07, 6.45) is 3.69. The molecule has 0 spiro atoms. The largest absolute Gasteiger partial charge is 0.381 e. The number of carbonyl (C=O) groups is 1. The second-order valence-corrected chi connectivity index (χ2v) is 6.93. The molecule has 0 radical (unpaired) electrons. The van der Waals surface area contributed by atoms with Crippen molar-refractivity contribution in [3.8, 4) is 10.4 Å². The van der Waals surface area contributed by atoms with E-state index in [1.807, 2.05) is 0 Å². The minimum Gasteiger partial charge on any atom is -0.381 e. The van der Waals surface area contributed by atoms with Gasteiger partial charge in [-0.3, -0.25) is 5.32 Å². The van der Waals surface area contributed by atoms with Crippen molar-refractivity contribution in [3.05, 3.63) is 36.3 Å². The van der Waals surface area contributed by atoms with Crippen LogP contribution in [0.25, 0.3) is 10.4 Å². The van der Waals surface area contributed by atoms with E-state index in [4.69, 9.17) is 4.74 Å². The second kappa shape index (κ2) is 7.72. The molecule has 1 aliphatic heterocycles. The van der Waals surface area contributed by atoms with Gasteiger partial charge in [0.1, 0.15) is 5.82 Å². The Kier molecular flexibility index (Phi) is 5.42. The van der Waals surface area contributed by atoms with E-state index in [9.17, 15) is 9.18 Å². The number of nitrogens with one attached hydrogen (secondary N) is 1. The number of nitrogens with zero attached hydrogens (tertiary/aromatic N) is 2. The minimum atomic E-state index is -0.298. The highest BCUT2D eigenvalue weighted by molar-refractivity contribution is 7.19. The molecule has 3 rings (SSSR count). The molecule has 1 aromatic carbocycles. The van der Waals surface area contributed by atoms with E-state index >= 15 is 0 Å². The van der Waals surface area contributed by atoms with Gasteiger partial charge in [0.2, 0.25) is 0 Å². The molecule has 2 amide bonds. The predicted octanol–water partition coefficient (Wildman–Crippen LogP) is 3.84. The van der Waals surface area contributed by atoms with Crippen LogP contribution in [0.15, 0.2) is 30.5 Å². The van der Waals surface area contributed by atoms with Gasteiger partial charge in [-0.05, 0) is 18.9 Å². The number of amides is 2. The molecule has 1 atom stereocenters. The molecule has 5 nitrogen and oxygen atoms in total. The van der Waals surface area contributed by atoms with E-state index in [0.717, 1.165) is 19.4 Å². The first-order valence-corrected chi connectivity index (χ1v) is 8.75. The maximum Gasteiger partial charge on any atom is 0.323 e. The Balaban J connectivity index is 1.59. The Bertz CT molecular complexity index is 701. The number of halogens is 1. The zero-order valence-corrected chi connectivity index (χ0v) is 14.3. The van der Waals surface area contributed by atoms with Crippen molar-refractivity contribution in [1.29, 1.82) is 0 Å². The first kappa shape index (κ1) is 16.9. The smallest absolute Gasteiger partial charge is 0.323 e. The lowest BCUT2D eigenvalue weighted by atomic mass is 10.0. The number of hydrogen-bond acceptors (Lipinski definition) is 4. The molecular weight excluding hydrogens is 329 g/mol. The normalized spacial score (nSPS) is 17.5. The van der Waals surface area contributed by atoms with E-state index in [1.165, 1.54) is 17.4 Å². The molecule has 7 heteroatoms. The highest BCUT2D eigenvalue weighted by atomic mass is 32.1. The zero-order valence-electron chi connectivity index (χ0n) is 13.5. The van der Waals surface area contributed by atoms with Crippen LogP contribution >= 0.6 is 11.3 Å². The third-order valence-electron chi connectivity index (χ3n) is 3.99. The number of benzene rings is 1. The molecule has 1 unspecified atom stereocenters. The molecule has 1 fully saturated rings. The number of ether oxygens (including phenoxy) is 1. The molecule has 1 aromatic heterocycles. The van der Waals surface area contributed by atoms with E-state index in [-0.39, 0.29) is 11.8 Å². The third-order valence-corrected chi connectivity index (χ3v) is 4.94. The van der Waals surface area contributed by atoms with Gasteiger partial charge in [-0.25, -0.2) is 14.2 Å². The SMILES string of the molecule is CN(CC1CCCOC1)C(=O)Nc1ncc(-c2ccccc2F)s1. The molecule has 1 N–H and O–H groups in total. The van der Waals surface area contributed by atoms with Crippen molar-refractivity contribution < 1.29 is 13.9 Å². The van der Waals surface area contributed by atoms with Gasteiger partial charge in [0.15, 0.2) is 5.13 Å². The summed E-state index contributed by atoms with van der Waals surface area (Å²) in [4.78, 5) is 18.8.